The number of ether oxygens (including phenoxy) is 3. The Morgan fingerprint density at radius 3 is 2.56 bits per heavy atom. The maximum atomic E-state index is 13.6. The highest BCUT2D eigenvalue weighted by Gasteiger charge is 2.36. The molecule has 218 valence electrons. The number of nitrogens with zero attached hydrogens (tertiary/aromatic N) is 3. The number of aryl methyl sites for hydroxylation is 1. The second kappa shape index (κ2) is 10.4. The lowest BCUT2D eigenvalue weighted by atomic mass is 9.88. The fourth-order valence-electron chi connectivity index (χ4n) is 6.11. The Labute approximate surface area is 238 Å². The number of carboxylic acid groups (broad SMARTS) is 1. The molecule has 3 aliphatic rings. The van der Waals surface area contributed by atoms with E-state index in [1.54, 1.807) is 4.90 Å². The number of nitrogens with one attached hydrogen (secondary N) is 2. The topological polar surface area (TPSA) is 139 Å². The zero-order valence-electron chi connectivity index (χ0n) is 24.0. The van der Waals surface area contributed by atoms with Gasteiger partial charge >= 0.3 is 6.09 Å². The summed E-state index contributed by atoms with van der Waals surface area (Å²) in [6.07, 6.45) is 5.68. The second-order valence-electron chi connectivity index (χ2n) is 12.3. The molecule has 2 aromatic heterocycles. The molecule has 1 aromatic carbocycles. The third-order valence-corrected chi connectivity index (χ3v) is 8.23. The minimum absolute atomic E-state index is 0.0506. The molecule has 2 fully saturated rings. The van der Waals surface area contributed by atoms with Crippen LogP contribution in [0.15, 0.2) is 18.5 Å². The molecule has 2 amide bonds. The van der Waals surface area contributed by atoms with Crippen LogP contribution in [0.2, 0.25) is 0 Å². The number of rotatable bonds is 7. The number of aromatic nitrogens is 3. The number of fused-ring (bicyclic) bond motifs is 2. The van der Waals surface area contributed by atoms with Gasteiger partial charge in [0.2, 0.25) is 6.79 Å². The van der Waals surface area contributed by atoms with Gasteiger partial charge in [-0.15, -0.1) is 0 Å². The fourth-order valence-corrected chi connectivity index (χ4v) is 6.11. The van der Waals surface area contributed by atoms with E-state index in [-0.39, 0.29) is 24.8 Å². The average molecular weight is 564 g/mol. The summed E-state index contributed by atoms with van der Waals surface area (Å²) in [5.41, 5.74) is 3.09. The quantitative estimate of drug-likeness (QED) is 0.353. The van der Waals surface area contributed by atoms with Crippen molar-refractivity contribution in [1.82, 2.24) is 25.2 Å². The van der Waals surface area contributed by atoms with Gasteiger partial charge in [-0.05, 0) is 84.3 Å². The molecule has 3 heterocycles. The van der Waals surface area contributed by atoms with Crippen LogP contribution in [-0.2, 0) is 0 Å². The van der Waals surface area contributed by atoms with Gasteiger partial charge in [0.1, 0.15) is 23.3 Å². The Morgan fingerprint density at radius 1 is 1.12 bits per heavy atom. The van der Waals surface area contributed by atoms with Crippen molar-refractivity contribution in [2.45, 2.75) is 83.8 Å². The lowest BCUT2D eigenvalue weighted by Gasteiger charge is -2.42. The van der Waals surface area contributed by atoms with E-state index in [1.165, 1.54) is 19.2 Å². The van der Waals surface area contributed by atoms with E-state index in [0.717, 1.165) is 0 Å². The van der Waals surface area contributed by atoms with Gasteiger partial charge in [-0.1, -0.05) is 0 Å². The summed E-state index contributed by atoms with van der Waals surface area (Å²) in [5.74, 6) is 2.20. The van der Waals surface area contributed by atoms with E-state index in [9.17, 15) is 14.7 Å². The molecule has 0 spiro atoms. The van der Waals surface area contributed by atoms with Gasteiger partial charge in [-0.25, -0.2) is 14.8 Å². The Morgan fingerprint density at radius 2 is 1.88 bits per heavy atom. The molecule has 0 saturated heterocycles. The van der Waals surface area contributed by atoms with Crippen molar-refractivity contribution < 1.29 is 28.9 Å². The van der Waals surface area contributed by atoms with Crippen molar-refractivity contribution in [2.75, 3.05) is 13.4 Å². The van der Waals surface area contributed by atoms with Gasteiger partial charge in [0.15, 0.2) is 11.5 Å². The number of amides is 2. The fraction of sp³-hybridized carbons (Fsp3) is 0.533. The summed E-state index contributed by atoms with van der Waals surface area (Å²) >= 11 is 0. The number of carbonyl (C=O) groups is 2. The van der Waals surface area contributed by atoms with Gasteiger partial charge in [-0.3, -0.25) is 4.79 Å². The van der Waals surface area contributed by atoms with Crippen LogP contribution in [0.4, 0.5) is 4.79 Å². The largest absolute Gasteiger partial charge is 0.492 e. The molecule has 11 heteroatoms. The lowest BCUT2D eigenvalue weighted by molar-refractivity contribution is 0.0520. The van der Waals surface area contributed by atoms with Crippen LogP contribution in [0.3, 0.4) is 0 Å². The molecule has 2 saturated carbocycles. The Balaban J connectivity index is 1.25. The number of hydrogen-bond donors (Lipinski definition) is 3. The standard InChI is InChI=1S/C30H37N5O6/c1-16-22(28(36)34-18-7-9-19(10-8-18)35(29(37)38)30(2,3)4)24-26(33-16)25(32-14-31-24)23-20(39-13-17-5-6-17)11-12-21-27(23)41-15-40-21/h11-12,14,17-19,33H,5-10,13,15H2,1-4H3,(H,34,36)(H,37,38). The van der Waals surface area contributed by atoms with Gasteiger partial charge in [0, 0.05) is 23.3 Å². The van der Waals surface area contributed by atoms with Crippen LogP contribution in [-0.4, -0.2) is 68.0 Å². The second-order valence-corrected chi connectivity index (χ2v) is 12.3. The monoisotopic (exact) mass is 563 g/mol. The van der Waals surface area contributed by atoms with E-state index < -0.39 is 11.6 Å². The van der Waals surface area contributed by atoms with Gasteiger partial charge in [0.25, 0.3) is 5.91 Å². The van der Waals surface area contributed by atoms with Crippen molar-refractivity contribution >= 4 is 23.0 Å². The average Bonchev–Trinajstić information content (AvgIpc) is 3.50. The highest BCUT2D eigenvalue weighted by molar-refractivity contribution is 6.09. The molecule has 6 rings (SSSR count). The zero-order chi connectivity index (χ0) is 28.9. The molecule has 11 nitrogen and oxygen atoms in total. The van der Waals surface area contributed by atoms with E-state index in [1.807, 2.05) is 39.8 Å². The SMILES string of the molecule is Cc1[nH]c2c(-c3c(OCC4CC4)ccc4c3OCO4)ncnc2c1C(=O)NC1CCC(N(C(=O)O)C(C)(C)C)CC1. The molecule has 0 unspecified atom stereocenters. The highest BCUT2D eigenvalue weighted by atomic mass is 16.7. The van der Waals surface area contributed by atoms with Crippen LogP contribution >= 0.6 is 0 Å². The van der Waals surface area contributed by atoms with Crippen molar-refractivity contribution in [2.24, 2.45) is 5.92 Å². The molecule has 0 atom stereocenters. The minimum atomic E-state index is -0.906. The van der Waals surface area contributed by atoms with Crippen molar-refractivity contribution in [3.05, 3.63) is 29.7 Å². The molecule has 0 radical (unpaired) electrons. The third kappa shape index (κ3) is 5.25. The summed E-state index contributed by atoms with van der Waals surface area (Å²) in [5, 5.41) is 13.0. The van der Waals surface area contributed by atoms with Crippen LogP contribution in [0.1, 0.15) is 75.3 Å². The normalized spacial score (nSPS) is 20.2. The van der Waals surface area contributed by atoms with Gasteiger partial charge in [-0.2, -0.15) is 0 Å². The van der Waals surface area contributed by atoms with E-state index >= 15 is 0 Å². The Kier molecular flexibility index (Phi) is 6.91. The van der Waals surface area contributed by atoms with Gasteiger partial charge in [0.05, 0.1) is 23.3 Å². The third-order valence-electron chi connectivity index (χ3n) is 8.23. The zero-order valence-corrected chi connectivity index (χ0v) is 24.0. The van der Waals surface area contributed by atoms with Crippen molar-refractivity contribution in [3.8, 4) is 28.5 Å². The number of hydrogen-bond acceptors (Lipinski definition) is 7. The lowest BCUT2D eigenvalue weighted by Crippen LogP contribution is -2.53. The summed E-state index contributed by atoms with van der Waals surface area (Å²) in [7, 11) is 0. The smallest absolute Gasteiger partial charge is 0.407 e. The van der Waals surface area contributed by atoms with Crippen LogP contribution in [0.25, 0.3) is 22.3 Å². The molecule has 0 bridgehead atoms. The maximum absolute atomic E-state index is 13.6. The van der Waals surface area contributed by atoms with E-state index in [4.69, 9.17) is 14.2 Å². The molecule has 3 aromatic rings. The molecule has 1 aliphatic heterocycles. The summed E-state index contributed by atoms with van der Waals surface area (Å²) in [6, 6.07) is 3.60. The Bertz CT molecular complexity index is 1480. The predicted molar refractivity (Wildman–Crippen MR) is 152 cm³/mol. The first-order valence-corrected chi connectivity index (χ1v) is 14.3. The predicted octanol–water partition coefficient (Wildman–Crippen LogP) is 5.27. The molecule has 2 aliphatic carbocycles. The van der Waals surface area contributed by atoms with Crippen molar-refractivity contribution in [1.29, 1.82) is 0 Å². The number of carbonyl (C=O) groups excluding carboxylic acids is 1. The first-order chi connectivity index (χ1) is 19.6. The van der Waals surface area contributed by atoms with Gasteiger partial charge < -0.3 is 34.5 Å². The molecular weight excluding hydrogens is 526 g/mol. The summed E-state index contributed by atoms with van der Waals surface area (Å²) in [4.78, 5) is 39.5. The molecule has 3 N–H and O–H groups in total. The summed E-state index contributed by atoms with van der Waals surface area (Å²) < 4.78 is 17.7. The molecule has 41 heavy (non-hydrogen) atoms. The number of benzene rings is 1. The minimum Gasteiger partial charge on any atom is -0.492 e. The molecular formula is C30H37N5O6. The number of aromatic amines is 1. The van der Waals surface area contributed by atoms with Crippen LogP contribution < -0.4 is 19.5 Å². The Hall–Kier alpha value is -4.02. The van der Waals surface area contributed by atoms with Crippen LogP contribution in [0, 0.1) is 12.8 Å². The maximum Gasteiger partial charge on any atom is 0.407 e. The first-order valence-electron chi connectivity index (χ1n) is 14.3. The van der Waals surface area contributed by atoms with Crippen LogP contribution in [0.5, 0.6) is 17.2 Å². The van der Waals surface area contributed by atoms with E-state index in [2.05, 4.69) is 20.3 Å². The highest BCUT2D eigenvalue weighted by Crippen LogP contribution is 2.48. The van der Waals surface area contributed by atoms with E-state index in [0.29, 0.717) is 89.0 Å². The number of H-pyrrole nitrogens is 1. The first kappa shape index (κ1) is 27.2. The summed E-state index contributed by atoms with van der Waals surface area (Å²) in [6.45, 7) is 8.33. The van der Waals surface area contributed by atoms with Crippen molar-refractivity contribution in [3.63, 3.8) is 0 Å².